The highest BCUT2D eigenvalue weighted by Gasteiger charge is 2.58. The van der Waals surface area contributed by atoms with E-state index in [-0.39, 0.29) is 40.7 Å². The van der Waals surface area contributed by atoms with E-state index in [0.717, 1.165) is 17.2 Å². The van der Waals surface area contributed by atoms with Crippen LogP contribution in [0.15, 0.2) is 12.3 Å². The fourth-order valence-electron chi connectivity index (χ4n) is 4.90. The number of anilines is 1. The first-order chi connectivity index (χ1) is 19.3. The number of hydrogen-bond acceptors (Lipinski definition) is 7. The van der Waals surface area contributed by atoms with Crippen LogP contribution in [0.1, 0.15) is 78.7 Å². The van der Waals surface area contributed by atoms with Crippen LogP contribution in [-0.4, -0.2) is 75.2 Å². The summed E-state index contributed by atoms with van der Waals surface area (Å²) in [5.74, 6) is -5.29. The maximum atomic E-state index is 14.3. The van der Waals surface area contributed by atoms with Crippen molar-refractivity contribution in [2.75, 3.05) is 25.0 Å². The van der Waals surface area contributed by atoms with Gasteiger partial charge in [0.25, 0.3) is 24.2 Å². The van der Waals surface area contributed by atoms with Crippen molar-refractivity contribution < 1.29 is 45.4 Å². The summed E-state index contributed by atoms with van der Waals surface area (Å²) in [6, 6.07) is -0.0570. The van der Waals surface area contributed by atoms with Gasteiger partial charge in [0.15, 0.2) is 5.01 Å². The Morgan fingerprint density at radius 2 is 1.90 bits per heavy atom. The highest BCUT2D eigenvalue weighted by Crippen LogP contribution is 2.53. The molecule has 2 amide bonds. The molecule has 1 aliphatic carbocycles. The van der Waals surface area contributed by atoms with Gasteiger partial charge in [0.05, 0.1) is 22.4 Å². The standard InChI is InChI=1S/C26H30F7N5O3S/c1-13-8-25(29,30)12-38(13)22(40)17-18(42-21(37-17)20(39)36-10-23(2,3)41)15-9-34-16(7-14(15)19(27)28)35-11-24(5-4-6-24)26(31,32)33/h7,9,13,19,41H,4-6,8,10-12H2,1-3H3,(H,34,35)(H,36,39)/t13-/m0/s1. The van der Waals surface area contributed by atoms with Crippen LogP contribution in [-0.2, 0) is 0 Å². The minimum Gasteiger partial charge on any atom is -0.389 e. The molecule has 232 valence electrons. The second-order valence-electron chi connectivity index (χ2n) is 11.5. The van der Waals surface area contributed by atoms with Gasteiger partial charge in [0, 0.05) is 42.9 Å². The van der Waals surface area contributed by atoms with Crippen molar-refractivity contribution in [3.8, 4) is 10.4 Å². The van der Waals surface area contributed by atoms with E-state index >= 15 is 0 Å². The van der Waals surface area contributed by atoms with Crippen molar-refractivity contribution in [3.63, 3.8) is 0 Å². The van der Waals surface area contributed by atoms with Crippen LogP contribution < -0.4 is 10.6 Å². The molecule has 2 aromatic heterocycles. The van der Waals surface area contributed by atoms with E-state index in [4.69, 9.17) is 0 Å². The Morgan fingerprint density at radius 3 is 2.40 bits per heavy atom. The third-order valence-electron chi connectivity index (χ3n) is 7.43. The number of aliphatic hydroxyl groups is 1. The molecule has 0 spiro atoms. The largest absolute Gasteiger partial charge is 0.396 e. The second-order valence-corrected chi connectivity index (χ2v) is 12.5. The zero-order valence-corrected chi connectivity index (χ0v) is 23.7. The maximum Gasteiger partial charge on any atom is 0.396 e. The molecule has 42 heavy (non-hydrogen) atoms. The van der Waals surface area contributed by atoms with E-state index < -0.39 is 78.2 Å². The number of nitrogens with one attached hydrogen (secondary N) is 2. The quantitative estimate of drug-likeness (QED) is 0.311. The molecule has 2 fully saturated rings. The molecule has 0 bridgehead atoms. The highest BCUT2D eigenvalue weighted by atomic mass is 32.1. The molecule has 2 aliphatic rings. The molecule has 8 nitrogen and oxygen atoms in total. The minimum atomic E-state index is -4.49. The van der Waals surface area contributed by atoms with E-state index in [9.17, 15) is 45.4 Å². The van der Waals surface area contributed by atoms with Gasteiger partial charge in [0.1, 0.15) is 11.5 Å². The van der Waals surface area contributed by atoms with Gasteiger partial charge in [-0.15, -0.1) is 11.3 Å². The minimum absolute atomic E-state index is 0.109. The number of pyridine rings is 1. The number of halogens is 7. The normalized spacial score (nSPS) is 20.0. The monoisotopic (exact) mass is 625 g/mol. The third kappa shape index (κ3) is 6.63. The van der Waals surface area contributed by atoms with Crippen LogP contribution in [0, 0.1) is 5.41 Å². The Balaban J connectivity index is 1.72. The summed E-state index contributed by atoms with van der Waals surface area (Å²) < 4.78 is 97.4. The number of likely N-dealkylation sites (tertiary alicyclic amines) is 1. The van der Waals surface area contributed by atoms with Gasteiger partial charge >= 0.3 is 6.18 Å². The molecule has 0 radical (unpaired) electrons. The van der Waals surface area contributed by atoms with Crippen molar-refractivity contribution >= 4 is 29.0 Å². The summed E-state index contributed by atoms with van der Waals surface area (Å²) >= 11 is 0.548. The number of carbonyl (C=O) groups excluding carboxylic acids is 2. The van der Waals surface area contributed by atoms with Crippen molar-refractivity contribution in [2.45, 2.75) is 76.6 Å². The lowest BCUT2D eigenvalue weighted by molar-refractivity contribution is -0.244. The Bertz CT molecular complexity index is 1340. The molecule has 1 aliphatic heterocycles. The lowest BCUT2D eigenvalue weighted by atomic mass is 9.68. The molecule has 16 heteroatoms. The summed E-state index contributed by atoms with van der Waals surface area (Å²) in [7, 11) is 0. The molecule has 0 aromatic carbocycles. The van der Waals surface area contributed by atoms with Crippen LogP contribution in [0.3, 0.4) is 0 Å². The van der Waals surface area contributed by atoms with E-state index in [1.807, 2.05) is 0 Å². The fourth-order valence-corrected chi connectivity index (χ4v) is 5.90. The second kappa shape index (κ2) is 11.2. The van der Waals surface area contributed by atoms with Gasteiger partial charge in [0.2, 0.25) is 0 Å². The molecular formula is C26H30F7N5O3S. The number of hydrogen-bond donors (Lipinski definition) is 3. The van der Waals surface area contributed by atoms with Crippen molar-refractivity contribution in [3.05, 3.63) is 28.5 Å². The number of nitrogens with zero attached hydrogens (tertiary/aromatic N) is 3. The summed E-state index contributed by atoms with van der Waals surface area (Å²) in [6.45, 7) is 2.51. The lowest BCUT2D eigenvalue weighted by Gasteiger charge is -2.43. The van der Waals surface area contributed by atoms with Gasteiger partial charge < -0.3 is 20.6 Å². The number of amides is 2. The Hall–Kier alpha value is -3.01. The SMILES string of the molecule is C[C@H]1CC(F)(F)CN1C(=O)c1nc(C(=O)NCC(C)(C)O)sc1-c1cnc(NCC2(C(F)(F)F)CCC2)cc1C(F)F. The average Bonchev–Trinajstić information content (AvgIpc) is 3.40. The predicted octanol–water partition coefficient (Wildman–Crippen LogP) is 5.66. The van der Waals surface area contributed by atoms with Gasteiger partial charge in [-0.3, -0.25) is 9.59 Å². The zero-order valence-electron chi connectivity index (χ0n) is 22.9. The van der Waals surface area contributed by atoms with E-state index in [2.05, 4.69) is 20.6 Å². The van der Waals surface area contributed by atoms with Gasteiger partial charge in [-0.25, -0.2) is 27.5 Å². The molecule has 1 saturated carbocycles. The molecule has 4 rings (SSSR count). The average molecular weight is 626 g/mol. The molecule has 0 unspecified atom stereocenters. The molecule has 2 aromatic rings. The molecule has 1 atom stereocenters. The summed E-state index contributed by atoms with van der Waals surface area (Å²) in [4.78, 5) is 34.8. The first-order valence-electron chi connectivity index (χ1n) is 13.1. The zero-order chi connectivity index (χ0) is 31.3. The van der Waals surface area contributed by atoms with E-state index in [1.165, 1.54) is 20.8 Å². The molecule has 3 N–H and O–H groups in total. The number of rotatable bonds is 9. The summed E-state index contributed by atoms with van der Waals surface area (Å²) in [6.07, 6.45) is -7.21. The van der Waals surface area contributed by atoms with Crippen molar-refractivity contribution in [2.24, 2.45) is 5.41 Å². The van der Waals surface area contributed by atoms with Gasteiger partial charge in [-0.1, -0.05) is 6.42 Å². The topological polar surface area (TPSA) is 107 Å². The van der Waals surface area contributed by atoms with Crippen LogP contribution in [0.5, 0.6) is 0 Å². The van der Waals surface area contributed by atoms with Crippen molar-refractivity contribution in [1.82, 2.24) is 20.2 Å². The van der Waals surface area contributed by atoms with E-state index in [0.29, 0.717) is 17.8 Å². The molecular weight excluding hydrogens is 595 g/mol. The Labute approximate surface area is 240 Å². The fraction of sp³-hybridized carbons (Fsp3) is 0.615. The highest BCUT2D eigenvalue weighted by molar-refractivity contribution is 7.17. The van der Waals surface area contributed by atoms with Crippen LogP contribution >= 0.6 is 11.3 Å². The number of thiazole rings is 1. The third-order valence-corrected chi connectivity index (χ3v) is 8.52. The van der Waals surface area contributed by atoms with E-state index in [1.54, 1.807) is 0 Å². The first-order valence-corrected chi connectivity index (χ1v) is 13.9. The number of carbonyl (C=O) groups is 2. The molecule has 3 heterocycles. The predicted molar refractivity (Wildman–Crippen MR) is 140 cm³/mol. The summed E-state index contributed by atoms with van der Waals surface area (Å²) in [5, 5.41) is 14.5. The Kier molecular flexibility index (Phi) is 8.54. The molecule has 1 saturated heterocycles. The van der Waals surface area contributed by atoms with Gasteiger partial charge in [-0.2, -0.15) is 13.2 Å². The lowest BCUT2D eigenvalue weighted by Crippen LogP contribution is -2.48. The smallest absolute Gasteiger partial charge is 0.389 e. The summed E-state index contributed by atoms with van der Waals surface area (Å²) in [5.41, 5.74) is -4.86. The number of aromatic nitrogens is 2. The maximum absolute atomic E-state index is 14.3. The number of alkyl halides is 7. The van der Waals surface area contributed by atoms with Crippen LogP contribution in [0.4, 0.5) is 36.6 Å². The van der Waals surface area contributed by atoms with Crippen molar-refractivity contribution in [1.29, 1.82) is 0 Å². The van der Waals surface area contributed by atoms with Crippen LogP contribution in [0.25, 0.3) is 10.4 Å². The first kappa shape index (κ1) is 31.9. The van der Waals surface area contributed by atoms with Gasteiger partial charge in [-0.05, 0) is 39.7 Å². The Morgan fingerprint density at radius 1 is 1.24 bits per heavy atom. The van der Waals surface area contributed by atoms with Crippen LogP contribution in [0.2, 0.25) is 0 Å².